The van der Waals surface area contributed by atoms with Crippen molar-refractivity contribution >= 4 is 17.6 Å². The van der Waals surface area contributed by atoms with E-state index in [2.05, 4.69) is 12.2 Å². The zero-order valence-electron chi connectivity index (χ0n) is 20.9. The normalized spacial score (nSPS) is 23.9. The molecule has 2 aliphatic heterocycles. The molecule has 0 aromatic rings. The number of amides is 2. The number of unbranched alkanes of at least 4 members (excludes halogenated alkanes) is 9. The third kappa shape index (κ3) is 6.10. The Morgan fingerprint density at radius 3 is 1.77 bits per heavy atom. The molecular weight excluding hydrogens is 388 g/mol. The molecule has 0 aromatic heterocycles. The van der Waals surface area contributed by atoms with Crippen molar-refractivity contribution in [3.8, 4) is 0 Å². The second-order valence-corrected chi connectivity index (χ2v) is 11.3. The lowest BCUT2D eigenvalue weighted by Gasteiger charge is -2.57. The van der Waals surface area contributed by atoms with Crippen LogP contribution in [0, 0.1) is 5.92 Å². The summed E-state index contributed by atoms with van der Waals surface area (Å²) in [6.45, 7) is 11.9. The van der Waals surface area contributed by atoms with Crippen molar-refractivity contribution in [3.63, 3.8) is 0 Å². The topological polar surface area (TPSA) is 66.5 Å². The van der Waals surface area contributed by atoms with Crippen LogP contribution in [0.25, 0.3) is 0 Å². The maximum Gasteiger partial charge on any atom is 0.231 e. The zero-order valence-corrected chi connectivity index (χ0v) is 20.9. The van der Waals surface area contributed by atoms with Crippen molar-refractivity contribution in [2.75, 3.05) is 0 Å². The molecule has 1 N–H and O–H groups in total. The van der Waals surface area contributed by atoms with Gasteiger partial charge in [0, 0.05) is 30.8 Å². The fourth-order valence-corrected chi connectivity index (χ4v) is 6.57. The Labute approximate surface area is 190 Å². The van der Waals surface area contributed by atoms with E-state index in [1.165, 1.54) is 51.4 Å². The lowest BCUT2D eigenvalue weighted by Crippen LogP contribution is -2.70. The first-order valence-corrected chi connectivity index (χ1v) is 12.6. The van der Waals surface area contributed by atoms with Gasteiger partial charge < -0.3 is 10.2 Å². The van der Waals surface area contributed by atoms with E-state index in [9.17, 15) is 14.4 Å². The van der Waals surface area contributed by atoms with Crippen molar-refractivity contribution < 1.29 is 14.4 Å². The van der Waals surface area contributed by atoms with Gasteiger partial charge in [0.1, 0.15) is 5.54 Å². The van der Waals surface area contributed by atoms with Gasteiger partial charge in [-0.3, -0.25) is 14.4 Å². The minimum absolute atomic E-state index is 0.0172. The van der Waals surface area contributed by atoms with Gasteiger partial charge in [-0.25, -0.2) is 0 Å². The number of ketones is 1. The van der Waals surface area contributed by atoms with E-state index >= 15 is 0 Å². The lowest BCUT2D eigenvalue weighted by molar-refractivity contribution is -0.155. The average Bonchev–Trinajstić information content (AvgIpc) is 2.83. The molecule has 31 heavy (non-hydrogen) atoms. The number of Topliss-reactive ketones (excluding diaryl/α,β-unsaturated/α-hetero) is 1. The van der Waals surface area contributed by atoms with Crippen LogP contribution in [0.15, 0.2) is 0 Å². The first-order chi connectivity index (χ1) is 14.5. The molecule has 5 nitrogen and oxygen atoms in total. The van der Waals surface area contributed by atoms with Gasteiger partial charge in [-0.15, -0.1) is 0 Å². The van der Waals surface area contributed by atoms with Gasteiger partial charge in [0.2, 0.25) is 11.8 Å². The molecule has 2 heterocycles. The molecule has 0 aliphatic carbocycles. The number of nitrogens with zero attached hydrogens (tertiary/aromatic N) is 1. The van der Waals surface area contributed by atoms with Crippen molar-refractivity contribution in [2.24, 2.45) is 5.92 Å². The third-order valence-electron chi connectivity index (χ3n) is 7.31. The maximum atomic E-state index is 13.4. The second kappa shape index (κ2) is 10.5. The Kier molecular flexibility index (Phi) is 8.75. The highest BCUT2D eigenvalue weighted by atomic mass is 16.2. The quantitative estimate of drug-likeness (QED) is 0.342. The van der Waals surface area contributed by atoms with Crippen molar-refractivity contribution in [1.29, 1.82) is 0 Å². The van der Waals surface area contributed by atoms with Crippen molar-refractivity contribution in [1.82, 2.24) is 10.2 Å². The number of nitrogens with one attached hydrogen (secondary N) is 1. The monoisotopic (exact) mass is 434 g/mol. The van der Waals surface area contributed by atoms with Crippen LogP contribution in [-0.2, 0) is 14.4 Å². The number of likely N-dealkylation sites (tertiary alicyclic amines) is 1. The smallest absolute Gasteiger partial charge is 0.231 e. The maximum absolute atomic E-state index is 13.4. The third-order valence-corrected chi connectivity index (χ3v) is 7.31. The lowest BCUT2D eigenvalue weighted by atomic mass is 9.67. The van der Waals surface area contributed by atoms with Crippen LogP contribution in [0.1, 0.15) is 125 Å². The summed E-state index contributed by atoms with van der Waals surface area (Å²) in [6.07, 6.45) is 14.1. The summed E-state index contributed by atoms with van der Waals surface area (Å²) in [4.78, 5) is 40.4. The summed E-state index contributed by atoms with van der Waals surface area (Å²) in [5.74, 6) is -0.561. The average molecular weight is 435 g/mol. The molecule has 2 fully saturated rings. The number of carbonyl (C=O) groups excluding carboxylic acids is 3. The van der Waals surface area contributed by atoms with E-state index in [-0.39, 0.29) is 17.6 Å². The van der Waals surface area contributed by atoms with E-state index in [1.807, 2.05) is 32.6 Å². The molecule has 0 saturated carbocycles. The Hall–Kier alpha value is -1.39. The van der Waals surface area contributed by atoms with E-state index in [4.69, 9.17) is 0 Å². The molecule has 2 saturated heterocycles. The first kappa shape index (κ1) is 25.9. The summed E-state index contributed by atoms with van der Waals surface area (Å²) in [6, 6.07) is 0. The Balaban J connectivity index is 1.85. The van der Waals surface area contributed by atoms with Crippen LogP contribution in [-0.4, -0.2) is 39.1 Å². The molecule has 2 rings (SSSR count). The van der Waals surface area contributed by atoms with Crippen LogP contribution in [0.5, 0.6) is 0 Å². The Morgan fingerprint density at radius 2 is 1.32 bits per heavy atom. The van der Waals surface area contributed by atoms with Gasteiger partial charge in [-0.2, -0.15) is 0 Å². The van der Waals surface area contributed by atoms with E-state index in [1.54, 1.807) is 6.92 Å². The van der Waals surface area contributed by atoms with Crippen molar-refractivity contribution in [3.05, 3.63) is 0 Å². The van der Waals surface area contributed by atoms with Crippen LogP contribution in [0.4, 0.5) is 0 Å². The summed E-state index contributed by atoms with van der Waals surface area (Å²) >= 11 is 0. The number of carbonyl (C=O) groups is 3. The largest absolute Gasteiger partial charge is 0.343 e. The summed E-state index contributed by atoms with van der Waals surface area (Å²) < 4.78 is 0. The fourth-order valence-electron chi connectivity index (χ4n) is 6.57. The van der Waals surface area contributed by atoms with E-state index < -0.39 is 22.5 Å². The predicted molar refractivity (Wildman–Crippen MR) is 126 cm³/mol. The van der Waals surface area contributed by atoms with Crippen LogP contribution in [0.3, 0.4) is 0 Å². The summed E-state index contributed by atoms with van der Waals surface area (Å²) in [5, 5.41) is 3.10. The molecule has 1 unspecified atom stereocenters. The number of piperidine rings is 1. The molecule has 2 amide bonds. The first-order valence-electron chi connectivity index (χ1n) is 12.6. The van der Waals surface area contributed by atoms with Gasteiger partial charge in [0.05, 0.1) is 5.92 Å². The molecule has 1 spiro atoms. The molecule has 0 radical (unpaired) electrons. The van der Waals surface area contributed by atoms with Gasteiger partial charge in [0.25, 0.3) is 0 Å². The molecule has 2 aliphatic rings. The number of hydrogen-bond acceptors (Lipinski definition) is 3. The minimum Gasteiger partial charge on any atom is -0.343 e. The molecule has 0 aromatic carbocycles. The van der Waals surface area contributed by atoms with Gasteiger partial charge in [0.15, 0.2) is 5.78 Å². The standard InChI is InChI=1S/C26H46N2O3/c1-7-8-9-10-11-12-13-14-15-16-17-21-22(30)26(27-23(21)31)18-24(3,4)28(20(2)29)25(5,6)19-26/h21H,7-19H2,1-6H3,(H,27,31). The number of hydrogen-bond donors (Lipinski definition) is 1. The SMILES string of the molecule is CCCCCCCCCCCCC1C(=O)NC2(CC(C)(C)N(C(C)=O)C(C)(C)C2)C1=O. The Morgan fingerprint density at radius 1 is 0.871 bits per heavy atom. The highest BCUT2D eigenvalue weighted by Gasteiger charge is 2.61. The van der Waals surface area contributed by atoms with E-state index in [0.29, 0.717) is 19.3 Å². The van der Waals surface area contributed by atoms with Crippen molar-refractivity contribution in [2.45, 2.75) is 142 Å². The number of rotatable bonds is 11. The molecule has 178 valence electrons. The summed E-state index contributed by atoms with van der Waals surface area (Å²) in [7, 11) is 0. The highest BCUT2D eigenvalue weighted by Crippen LogP contribution is 2.47. The van der Waals surface area contributed by atoms with Gasteiger partial charge in [-0.1, -0.05) is 71.1 Å². The molecule has 1 atom stereocenters. The van der Waals surface area contributed by atoms with E-state index in [0.717, 1.165) is 12.8 Å². The molecular formula is C26H46N2O3. The van der Waals surface area contributed by atoms with Gasteiger partial charge in [-0.05, 0) is 34.1 Å². The zero-order chi connectivity index (χ0) is 23.3. The Bertz CT molecular complexity index is 635. The van der Waals surface area contributed by atoms with Crippen LogP contribution in [0.2, 0.25) is 0 Å². The van der Waals surface area contributed by atoms with Crippen LogP contribution >= 0.6 is 0 Å². The second-order valence-electron chi connectivity index (χ2n) is 11.3. The van der Waals surface area contributed by atoms with Crippen LogP contribution < -0.4 is 5.32 Å². The highest BCUT2D eigenvalue weighted by molar-refractivity contribution is 6.13. The summed E-state index contributed by atoms with van der Waals surface area (Å²) in [5.41, 5.74) is -1.80. The fraction of sp³-hybridized carbons (Fsp3) is 0.885. The molecule has 5 heteroatoms. The predicted octanol–water partition coefficient (Wildman–Crippen LogP) is 5.55. The minimum atomic E-state index is -0.834. The van der Waals surface area contributed by atoms with Gasteiger partial charge >= 0.3 is 0 Å². The molecule has 0 bridgehead atoms.